The van der Waals surface area contributed by atoms with Crippen LogP contribution in [0.2, 0.25) is 0 Å². The van der Waals surface area contributed by atoms with E-state index in [0.29, 0.717) is 6.04 Å². The Morgan fingerprint density at radius 2 is 2.00 bits per heavy atom. The Labute approximate surface area is 122 Å². The second-order valence-electron chi connectivity index (χ2n) is 6.29. The van der Waals surface area contributed by atoms with Crippen LogP contribution in [0.1, 0.15) is 64.7 Å². The standard InChI is InChI=1S/C15H28N4O/c1-5-7-12(19-10-8-16-9-11-19)13-17-14(20-18-13)15(3,4)6-2/h12,16H,5-11H2,1-4H3. The number of hydrogen-bond donors (Lipinski definition) is 1. The van der Waals surface area contributed by atoms with E-state index in [1.54, 1.807) is 0 Å². The fourth-order valence-electron chi connectivity index (χ4n) is 2.54. The minimum Gasteiger partial charge on any atom is -0.339 e. The predicted molar refractivity (Wildman–Crippen MR) is 79.7 cm³/mol. The van der Waals surface area contributed by atoms with Gasteiger partial charge in [0, 0.05) is 31.6 Å². The van der Waals surface area contributed by atoms with Crippen LogP contribution in [0.25, 0.3) is 0 Å². The zero-order valence-corrected chi connectivity index (χ0v) is 13.3. The lowest BCUT2D eigenvalue weighted by atomic mass is 9.90. The molecule has 0 amide bonds. The summed E-state index contributed by atoms with van der Waals surface area (Å²) < 4.78 is 5.54. The molecule has 5 heteroatoms. The van der Waals surface area contributed by atoms with E-state index in [0.717, 1.165) is 57.2 Å². The molecule has 0 radical (unpaired) electrons. The molecule has 0 aromatic carbocycles. The number of nitrogens with one attached hydrogen (secondary N) is 1. The van der Waals surface area contributed by atoms with E-state index in [1.165, 1.54) is 0 Å². The molecule has 0 saturated carbocycles. The molecule has 1 saturated heterocycles. The molecule has 114 valence electrons. The third-order valence-electron chi connectivity index (χ3n) is 4.36. The first-order valence-electron chi connectivity index (χ1n) is 7.87. The third-order valence-corrected chi connectivity index (χ3v) is 4.36. The summed E-state index contributed by atoms with van der Waals surface area (Å²) in [6.07, 6.45) is 3.22. The van der Waals surface area contributed by atoms with E-state index < -0.39 is 0 Å². The summed E-state index contributed by atoms with van der Waals surface area (Å²) >= 11 is 0. The molecule has 1 N–H and O–H groups in total. The van der Waals surface area contributed by atoms with Crippen molar-refractivity contribution in [3.05, 3.63) is 11.7 Å². The normalized spacial score (nSPS) is 19.2. The molecule has 1 aliphatic heterocycles. The van der Waals surface area contributed by atoms with E-state index in [9.17, 15) is 0 Å². The van der Waals surface area contributed by atoms with Crippen molar-refractivity contribution in [2.75, 3.05) is 26.2 Å². The Hall–Kier alpha value is -0.940. The van der Waals surface area contributed by atoms with Crippen molar-refractivity contribution in [1.29, 1.82) is 0 Å². The zero-order chi connectivity index (χ0) is 14.6. The van der Waals surface area contributed by atoms with Gasteiger partial charge in [-0.2, -0.15) is 4.98 Å². The molecule has 5 nitrogen and oxygen atoms in total. The molecule has 1 fully saturated rings. The zero-order valence-electron chi connectivity index (χ0n) is 13.3. The van der Waals surface area contributed by atoms with Crippen molar-refractivity contribution in [3.8, 4) is 0 Å². The number of hydrogen-bond acceptors (Lipinski definition) is 5. The second-order valence-corrected chi connectivity index (χ2v) is 6.29. The first-order valence-corrected chi connectivity index (χ1v) is 7.87. The van der Waals surface area contributed by atoms with Crippen LogP contribution in [-0.4, -0.2) is 41.2 Å². The fourth-order valence-corrected chi connectivity index (χ4v) is 2.54. The second kappa shape index (κ2) is 6.68. The first-order chi connectivity index (χ1) is 9.58. The van der Waals surface area contributed by atoms with E-state index in [1.807, 2.05) is 0 Å². The SMILES string of the molecule is CCCC(c1noc(C(C)(C)CC)n1)N1CCNCC1. The Morgan fingerprint density at radius 1 is 1.30 bits per heavy atom. The van der Waals surface area contributed by atoms with Crippen molar-refractivity contribution in [3.63, 3.8) is 0 Å². The Morgan fingerprint density at radius 3 is 2.60 bits per heavy atom. The molecule has 0 spiro atoms. The highest BCUT2D eigenvalue weighted by Gasteiger charge is 2.30. The van der Waals surface area contributed by atoms with Crippen LogP contribution < -0.4 is 5.32 Å². The maximum Gasteiger partial charge on any atom is 0.232 e. The van der Waals surface area contributed by atoms with E-state index in [2.05, 4.69) is 43.1 Å². The Bertz CT molecular complexity index is 410. The lowest BCUT2D eigenvalue weighted by Crippen LogP contribution is -2.45. The Kier molecular flexibility index (Phi) is 5.16. The maximum atomic E-state index is 5.54. The van der Waals surface area contributed by atoms with Crippen LogP contribution in [-0.2, 0) is 5.41 Å². The summed E-state index contributed by atoms with van der Waals surface area (Å²) in [5.74, 6) is 1.64. The van der Waals surface area contributed by atoms with Gasteiger partial charge in [-0.25, -0.2) is 0 Å². The summed E-state index contributed by atoms with van der Waals surface area (Å²) in [6.45, 7) is 12.9. The van der Waals surface area contributed by atoms with Crippen molar-refractivity contribution in [2.24, 2.45) is 0 Å². The van der Waals surface area contributed by atoms with Crippen molar-refractivity contribution >= 4 is 0 Å². The summed E-state index contributed by atoms with van der Waals surface area (Å²) in [7, 11) is 0. The largest absolute Gasteiger partial charge is 0.339 e. The average molecular weight is 280 g/mol. The molecule has 2 rings (SSSR count). The van der Waals surface area contributed by atoms with Gasteiger partial charge in [-0.1, -0.05) is 39.3 Å². The van der Waals surface area contributed by atoms with E-state index in [4.69, 9.17) is 9.51 Å². The number of nitrogens with zero attached hydrogens (tertiary/aromatic N) is 3. The van der Waals surface area contributed by atoms with Gasteiger partial charge in [0.25, 0.3) is 0 Å². The van der Waals surface area contributed by atoms with E-state index >= 15 is 0 Å². The molecular formula is C15H28N4O. The van der Waals surface area contributed by atoms with Crippen LogP contribution in [0.4, 0.5) is 0 Å². The highest BCUT2D eigenvalue weighted by Crippen LogP contribution is 2.29. The van der Waals surface area contributed by atoms with Gasteiger partial charge in [0.15, 0.2) is 5.82 Å². The third kappa shape index (κ3) is 3.38. The molecule has 1 aromatic heterocycles. The summed E-state index contributed by atoms with van der Waals surface area (Å²) in [5, 5.41) is 7.67. The van der Waals surface area contributed by atoms with Crippen molar-refractivity contribution < 1.29 is 4.52 Å². The highest BCUT2D eigenvalue weighted by molar-refractivity contribution is 5.03. The van der Waals surface area contributed by atoms with Crippen LogP contribution >= 0.6 is 0 Å². The minimum atomic E-state index is -0.0362. The molecule has 1 atom stereocenters. The molecule has 20 heavy (non-hydrogen) atoms. The molecule has 0 bridgehead atoms. The lowest BCUT2D eigenvalue weighted by molar-refractivity contribution is 0.155. The lowest BCUT2D eigenvalue weighted by Gasteiger charge is -2.33. The van der Waals surface area contributed by atoms with Crippen LogP contribution in [0.15, 0.2) is 4.52 Å². The monoisotopic (exact) mass is 280 g/mol. The van der Waals surface area contributed by atoms with Crippen LogP contribution in [0, 0.1) is 0 Å². The van der Waals surface area contributed by atoms with Crippen LogP contribution in [0.3, 0.4) is 0 Å². The summed E-state index contributed by atoms with van der Waals surface area (Å²) in [5.41, 5.74) is -0.0362. The molecule has 1 unspecified atom stereocenters. The number of rotatable bonds is 6. The van der Waals surface area contributed by atoms with Gasteiger partial charge in [0.1, 0.15) is 0 Å². The number of piperazine rings is 1. The average Bonchev–Trinajstić information content (AvgIpc) is 2.96. The molecule has 1 aliphatic rings. The maximum absolute atomic E-state index is 5.54. The smallest absolute Gasteiger partial charge is 0.232 e. The van der Waals surface area contributed by atoms with Gasteiger partial charge < -0.3 is 9.84 Å². The molecule has 1 aromatic rings. The molecule has 0 aliphatic carbocycles. The van der Waals surface area contributed by atoms with Gasteiger partial charge in [-0.05, 0) is 12.8 Å². The Balaban J connectivity index is 2.17. The van der Waals surface area contributed by atoms with Crippen LogP contribution in [0.5, 0.6) is 0 Å². The van der Waals surface area contributed by atoms with Gasteiger partial charge in [-0.15, -0.1) is 0 Å². The van der Waals surface area contributed by atoms with Gasteiger partial charge in [0.2, 0.25) is 5.89 Å². The van der Waals surface area contributed by atoms with Crippen molar-refractivity contribution in [2.45, 2.75) is 58.4 Å². The van der Waals surface area contributed by atoms with Gasteiger partial charge in [0.05, 0.1) is 6.04 Å². The van der Waals surface area contributed by atoms with Crippen molar-refractivity contribution in [1.82, 2.24) is 20.4 Å². The summed E-state index contributed by atoms with van der Waals surface area (Å²) in [4.78, 5) is 7.19. The van der Waals surface area contributed by atoms with Gasteiger partial charge in [-0.3, -0.25) is 4.90 Å². The van der Waals surface area contributed by atoms with E-state index in [-0.39, 0.29) is 5.41 Å². The molecule has 2 heterocycles. The first kappa shape index (κ1) is 15.4. The highest BCUT2D eigenvalue weighted by atomic mass is 16.5. The predicted octanol–water partition coefficient (Wildman–Crippen LogP) is 2.50. The minimum absolute atomic E-state index is 0.0362. The summed E-state index contributed by atoms with van der Waals surface area (Å²) in [6, 6.07) is 0.298. The topological polar surface area (TPSA) is 54.2 Å². The quantitative estimate of drug-likeness (QED) is 0.867. The number of aromatic nitrogens is 2. The van der Waals surface area contributed by atoms with Gasteiger partial charge >= 0.3 is 0 Å². The fraction of sp³-hybridized carbons (Fsp3) is 0.867. The molecular weight excluding hydrogens is 252 g/mol.